The normalized spacial score (nSPS) is 21.9. The Labute approximate surface area is 97.3 Å². The van der Waals surface area contributed by atoms with Crippen molar-refractivity contribution in [2.24, 2.45) is 5.73 Å². The first-order valence-corrected chi connectivity index (χ1v) is 5.33. The molecule has 1 aliphatic heterocycles. The van der Waals surface area contributed by atoms with Crippen molar-refractivity contribution in [3.05, 3.63) is 0 Å². The van der Waals surface area contributed by atoms with Gasteiger partial charge in [-0.1, -0.05) is 0 Å². The molecule has 1 amide bonds. The maximum absolute atomic E-state index is 11.3. The molecule has 3 N–H and O–H groups in total. The summed E-state index contributed by atoms with van der Waals surface area (Å²) in [6.45, 7) is 3.25. The number of hydrogen-bond acceptors (Lipinski definition) is 3. The van der Waals surface area contributed by atoms with Crippen LogP contribution in [0.15, 0.2) is 0 Å². The highest BCUT2D eigenvalue weighted by Gasteiger charge is 2.16. The second-order valence-corrected chi connectivity index (χ2v) is 3.88. The molecule has 2 atom stereocenters. The Bertz CT molecular complexity index is 184. The molecular formula is C10H21ClN2O2. The Balaban J connectivity index is 0.00000196. The zero-order valence-corrected chi connectivity index (χ0v) is 10.0. The van der Waals surface area contributed by atoms with Crippen LogP contribution >= 0.6 is 12.4 Å². The molecule has 0 aliphatic carbocycles. The molecule has 15 heavy (non-hydrogen) atoms. The van der Waals surface area contributed by atoms with E-state index in [4.69, 9.17) is 10.5 Å². The van der Waals surface area contributed by atoms with Crippen molar-refractivity contribution in [2.75, 3.05) is 13.2 Å². The van der Waals surface area contributed by atoms with Gasteiger partial charge in [0, 0.05) is 25.6 Å². The quantitative estimate of drug-likeness (QED) is 0.743. The minimum Gasteiger partial charge on any atom is -0.378 e. The SMILES string of the molecule is C[C@H](CN)NC(=O)CCC1CCCO1.Cl. The van der Waals surface area contributed by atoms with Crippen LogP contribution in [0.1, 0.15) is 32.6 Å². The average molecular weight is 237 g/mol. The third-order valence-corrected chi connectivity index (χ3v) is 2.48. The van der Waals surface area contributed by atoms with Gasteiger partial charge in [-0.3, -0.25) is 4.79 Å². The summed E-state index contributed by atoms with van der Waals surface area (Å²) in [6, 6.07) is 0.0759. The van der Waals surface area contributed by atoms with Crippen LogP contribution in [-0.2, 0) is 9.53 Å². The van der Waals surface area contributed by atoms with Gasteiger partial charge in [0.25, 0.3) is 0 Å². The van der Waals surface area contributed by atoms with E-state index in [0.29, 0.717) is 19.1 Å². The van der Waals surface area contributed by atoms with Gasteiger partial charge in [0.05, 0.1) is 6.10 Å². The van der Waals surface area contributed by atoms with Crippen LogP contribution in [0.25, 0.3) is 0 Å². The van der Waals surface area contributed by atoms with Gasteiger partial charge < -0.3 is 15.8 Å². The van der Waals surface area contributed by atoms with Crippen molar-refractivity contribution in [1.29, 1.82) is 0 Å². The van der Waals surface area contributed by atoms with E-state index in [0.717, 1.165) is 25.9 Å². The number of amides is 1. The standard InChI is InChI=1S/C10H20N2O2.ClH/c1-8(7-11)12-10(13)5-4-9-3-2-6-14-9;/h8-9H,2-7,11H2,1H3,(H,12,13);1H/t8-,9?;/m1./s1. The van der Waals surface area contributed by atoms with Gasteiger partial charge in [-0.05, 0) is 26.2 Å². The van der Waals surface area contributed by atoms with Crippen LogP contribution < -0.4 is 11.1 Å². The second-order valence-electron chi connectivity index (χ2n) is 3.88. The minimum absolute atomic E-state index is 0. The molecule has 1 aliphatic rings. The van der Waals surface area contributed by atoms with Crippen molar-refractivity contribution < 1.29 is 9.53 Å². The molecule has 1 heterocycles. The summed E-state index contributed by atoms with van der Waals surface area (Å²) in [5, 5.41) is 2.83. The molecule has 0 bridgehead atoms. The van der Waals surface area contributed by atoms with E-state index < -0.39 is 0 Å². The molecule has 0 aromatic rings. The Morgan fingerprint density at radius 1 is 1.67 bits per heavy atom. The van der Waals surface area contributed by atoms with Crippen LogP contribution in [0.2, 0.25) is 0 Å². The molecule has 0 spiro atoms. The third kappa shape index (κ3) is 5.97. The minimum atomic E-state index is 0. The highest BCUT2D eigenvalue weighted by Crippen LogP contribution is 2.16. The summed E-state index contributed by atoms with van der Waals surface area (Å²) in [4.78, 5) is 11.3. The van der Waals surface area contributed by atoms with Crippen molar-refractivity contribution in [3.63, 3.8) is 0 Å². The molecular weight excluding hydrogens is 216 g/mol. The number of nitrogens with one attached hydrogen (secondary N) is 1. The van der Waals surface area contributed by atoms with E-state index in [1.165, 1.54) is 0 Å². The van der Waals surface area contributed by atoms with Crippen molar-refractivity contribution in [2.45, 2.75) is 44.8 Å². The summed E-state index contributed by atoms with van der Waals surface area (Å²) in [6.07, 6.45) is 3.91. The monoisotopic (exact) mass is 236 g/mol. The van der Waals surface area contributed by atoms with Gasteiger partial charge in [-0.2, -0.15) is 0 Å². The summed E-state index contributed by atoms with van der Waals surface area (Å²) in [5.74, 6) is 0.0819. The lowest BCUT2D eigenvalue weighted by atomic mass is 10.1. The molecule has 1 unspecified atom stereocenters. The summed E-state index contributed by atoms with van der Waals surface area (Å²) < 4.78 is 5.43. The predicted molar refractivity (Wildman–Crippen MR) is 62.1 cm³/mol. The maximum Gasteiger partial charge on any atom is 0.220 e. The lowest BCUT2D eigenvalue weighted by Gasteiger charge is -2.12. The van der Waals surface area contributed by atoms with Gasteiger partial charge in [-0.25, -0.2) is 0 Å². The van der Waals surface area contributed by atoms with Crippen molar-refractivity contribution >= 4 is 18.3 Å². The van der Waals surface area contributed by atoms with Crippen LogP contribution in [0.3, 0.4) is 0 Å². The molecule has 90 valence electrons. The Morgan fingerprint density at radius 3 is 2.93 bits per heavy atom. The molecule has 4 nitrogen and oxygen atoms in total. The summed E-state index contributed by atoms with van der Waals surface area (Å²) in [7, 11) is 0. The second kappa shape index (κ2) is 7.91. The molecule has 1 rings (SSSR count). The Kier molecular flexibility index (Phi) is 7.74. The van der Waals surface area contributed by atoms with E-state index in [9.17, 15) is 4.79 Å². The third-order valence-electron chi connectivity index (χ3n) is 2.48. The molecule has 1 fully saturated rings. The topological polar surface area (TPSA) is 64.3 Å². The Morgan fingerprint density at radius 2 is 2.40 bits per heavy atom. The first-order valence-electron chi connectivity index (χ1n) is 5.33. The highest BCUT2D eigenvalue weighted by atomic mass is 35.5. The van der Waals surface area contributed by atoms with Gasteiger partial charge in [0.15, 0.2) is 0 Å². The number of carbonyl (C=O) groups excluding carboxylic acids is 1. The summed E-state index contributed by atoms with van der Waals surface area (Å²) in [5.41, 5.74) is 5.40. The smallest absolute Gasteiger partial charge is 0.220 e. The molecule has 1 saturated heterocycles. The van der Waals surface area contributed by atoms with Gasteiger partial charge in [0.2, 0.25) is 5.91 Å². The number of hydrogen-bond donors (Lipinski definition) is 2. The predicted octanol–water partition coefficient (Wildman–Crippen LogP) is 0.831. The number of halogens is 1. The van der Waals surface area contributed by atoms with E-state index in [1.54, 1.807) is 0 Å². The molecule has 0 aromatic carbocycles. The Hall–Kier alpha value is -0.320. The largest absolute Gasteiger partial charge is 0.378 e. The van der Waals surface area contributed by atoms with E-state index in [-0.39, 0.29) is 24.4 Å². The lowest BCUT2D eigenvalue weighted by molar-refractivity contribution is -0.122. The number of ether oxygens (including phenoxy) is 1. The highest BCUT2D eigenvalue weighted by molar-refractivity contribution is 5.85. The van der Waals surface area contributed by atoms with Crippen molar-refractivity contribution in [1.82, 2.24) is 5.32 Å². The molecule has 0 radical (unpaired) electrons. The van der Waals surface area contributed by atoms with Crippen LogP contribution in [0.4, 0.5) is 0 Å². The number of nitrogens with two attached hydrogens (primary N) is 1. The van der Waals surface area contributed by atoms with E-state index >= 15 is 0 Å². The van der Waals surface area contributed by atoms with Crippen LogP contribution in [0, 0.1) is 0 Å². The van der Waals surface area contributed by atoms with Gasteiger partial charge in [0.1, 0.15) is 0 Å². The van der Waals surface area contributed by atoms with Gasteiger partial charge in [-0.15, -0.1) is 12.4 Å². The molecule has 5 heteroatoms. The van der Waals surface area contributed by atoms with Crippen LogP contribution in [0.5, 0.6) is 0 Å². The van der Waals surface area contributed by atoms with Crippen LogP contribution in [-0.4, -0.2) is 31.2 Å². The number of carbonyl (C=O) groups is 1. The first-order chi connectivity index (χ1) is 6.72. The zero-order valence-electron chi connectivity index (χ0n) is 9.20. The van der Waals surface area contributed by atoms with Gasteiger partial charge >= 0.3 is 0 Å². The zero-order chi connectivity index (χ0) is 10.4. The first kappa shape index (κ1) is 14.7. The fourth-order valence-electron chi connectivity index (χ4n) is 1.57. The fourth-order valence-corrected chi connectivity index (χ4v) is 1.57. The maximum atomic E-state index is 11.3. The lowest BCUT2D eigenvalue weighted by Crippen LogP contribution is -2.37. The average Bonchev–Trinajstić information content (AvgIpc) is 2.67. The molecule has 0 aromatic heterocycles. The summed E-state index contributed by atoms with van der Waals surface area (Å²) >= 11 is 0. The van der Waals surface area contributed by atoms with E-state index in [1.807, 2.05) is 6.92 Å². The van der Waals surface area contributed by atoms with Crippen molar-refractivity contribution in [3.8, 4) is 0 Å². The van der Waals surface area contributed by atoms with E-state index in [2.05, 4.69) is 5.32 Å². The number of rotatable bonds is 5. The fraction of sp³-hybridized carbons (Fsp3) is 0.900. The molecule has 0 saturated carbocycles.